The molecule has 10 heavy (non-hydrogen) atoms. The van der Waals surface area contributed by atoms with Crippen molar-refractivity contribution in [3.05, 3.63) is 12.2 Å². The predicted octanol–water partition coefficient (Wildman–Crippen LogP) is 1.99. The lowest BCUT2D eigenvalue weighted by molar-refractivity contribution is 0.0389. The molecule has 0 N–H and O–H groups in total. The smallest absolute Gasteiger partial charge is 0.0634 e. The van der Waals surface area contributed by atoms with E-state index in [4.69, 9.17) is 6.11 Å². The monoisotopic (exact) mass is 139 g/mol. The zero-order chi connectivity index (χ0) is 7.84. The van der Waals surface area contributed by atoms with E-state index in [0.29, 0.717) is 17.9 Å². The van der Waals surface area contributed by atoms with E-state index in [1.807, 2.05) is 0 Å². The molecule has 0 unspecified atom stereocenters. The summed E-state index contributed by atoms with van der Waals surface area (Å²) >= 11 is 0. The molecule has 2 bridgehead atoms. The minimum atomic E-state index is 0.0787. The number of methoxy groups -OCH3 is 1. The van der Waals surface area contributed by atoms with Gasteiger partial charge in [-0.1, -0.05) is 12.2 Å². The molecule has 4 atom stereocenters. The lowest BCUT2D eigenvalue weighted by Crippen LogP contribution is -2.25. The molecule has 1 fully saturated rings. The molecule has 2 rings (SSSR count). The quantitative estimate of drug-likeness (QED) is 0.505. The van der Waals surface area contributed by atoms with Crippen LogP contribution in [-0.2, 0) is 4.74 Å². The van der Waals surface area contributed by atoms with Crippen LogP contribution in [0.3, 0.4) is 0 Å². The average molecular weight is 139 g/mol. The van der Waals surface area contributed by atoms with Crippen molar-refractivity contribution < 1.29 is 6.11 Å². The van der Waals surface area contributed by atoms with Gasteiger partial charge in [0.05, 0.1) is 6.10 Å². The second kappa shape index (κ2) is 2.39. The third-order valence-corrected chi connectivity index (χ3v) is 2.60. The largest absolute Gasteiger partial charge is 0.381 e. The molecular weight excluding hydrogens is 124 g/mol. The van der Waals surface area contributed by atoms with E-state index in [9.17, 15) is 0 Å². The number of rotatable bonds is 1. The van der Waals surface area contributed by atoms with E-state index in [0.717, 1.165) is 12.8 Å². The van der Waals surface area contributed by atoms with E-state index in [-0.39, 0.29) is 6.40 Å². The average Bonchev–Trinajstić information content (AvgIpc) is 2.43. The molecule has 1 heteroatoms. The van der Waals surface area contributed by atoms with Crippen molar-refractivity contribution >= 4 is 0 Å². The van der Waals surface area contributed by atoms with Gasteiger partial charge < -0.3 is 4.74 Å². The fraction of sp³-hybridized carbons (Fsp3) is 0.778. The summed E-state index contributed by atoms with van der Waals surface area (Å²) in [6, 6.07) is 0. The van der Waals surface area contributed by atoms with Crippen molar-refractivity contribution in [2.75, 3.05) is 7.11 Å². The van der Waals surface area contributed by atoms with Crippen LogP contribution in [-0.4, -0.2) is 13.2 Å². The Labute approximate surface area is 63.5 Å². The second-order valence-corrected chi connectivity index (χ2v) is 3.19. The van der Waals surface area contributed by atoms with Gasteiger partial charge in [0.2, 0.25) is 0 Å². The summed E-state index contributed by atoms with van der Waals surface area (Å²) in [5, 5.41) is 0. The molecule has 2 aliphatic carbocycles. The fourth-order valence-electron chi connectivity index (χ4n) is 1.96. The number of hydrogen-bond acceptors (Lipinski definition) is 1. The molecule has 1 saturated carbocycles. The van der Waals surface area contributed by atoms with Gasteiger partial charge in [-0.2, -0.15) is 0 Å². The molecule has 0 aromatic heterocycles. The zero-order valence-corrected chi connectivity index (χ0v) is 6.29. The van der Waals surface area contributed by atoms with Crippen LogP contribution in [0.5, 0.6) is 0 Å². The third-order valence-electron chi connectivity index (χ3n) is 2.60. The highest BCUT2D eigenvalue weighted by molar-refractivity contribution is 5.07. The minimum absolute atomic E-state index is 0.0787. The Hall–Kier alpha value is -0.300. The second-order valence-electron chi connectivity index (χ2n) is 3.19. The summed E-state index contributed by atoms with van der Waals surface area (Å²) < 4.78 is 13.1. The molecular formula is C9H14O. The highest BCUT2D eigenvalue weighted by Gasteiger charge is 2.31. The van der Waals surface area contributed by atoms with Gasteiger partial charge in [0.25, 0.3) is 0 Å². The molecule has 0 spiro atoms. The van der Waals surface area contributed by atoms with Crippen molar-refractivity contribution in [2.24, 2.45) is 11.8 Å². The summed E-state index contributed by atoms with van der Waals surface area (Å²) in [4.78, 5) is 0. The maximum atomic E-state index is 7.76. The van der Waals surface area contributed by atoms with Gasteiger partial charge in [-0.05, 0) is 25.2 Å². The molecule has 0 amide bonds. The van der Waals surface area contributed by atoms with Crippen LogP contribution in [0.15, 0.2) is 12.2 Å². The van der Waals surface area contributed by atoms with Gasteiger partial charge in [0, 0.05) is 14.4 Å². The van der Waals surface area contributed by atoms with Crippen molar-refractivity contribution in [3.8, 4) is 0 Å². The van der Waals surface area contributed by atoms with Crippen LogP contribution >= 0.6 is 0 Å². The number of fused-ring (bicyclic) bond motifs is 2. The van der Waals surface area contributed by atoms with Crippen LogP contribution in [0, 0.1) is 11.8 Å². The molecule has 0 heterocycles. The van der Waals surface area contributed by atoms with Crippen LogP contribution in [0.2, 0.25) is 0 Å². The van der Waals surface area contributed by atoms with E-state index >= 15 is 0 Å². The highest BCUT2D eigenvalue weighted by atomic mass is 16.5. The molecule has 0 aromatic rings. The Morgan fingerprint density at radius 3 is 3.30 bits per heavy atom. The highest BCUT2D eigenvalue weighted by Crippen LogP contribution is 2.37. The summed E-state index contributed by atoms with van der Waals surface area (Å²) in [7, 11) is 1.75. The van der Waals surface area contributed by atoms with Gasteiger partial charge in [-0.25, -0.2) is 0 Å². The summed E-state index contributed by atoms with van der Waals surface area (Å²) in [5.41, 5.74) is 0. The summed E-state index contributed by atoms with van der Waals surface area (Å²) in [6.07, 6.45) is 6.88. The molecule has 56 valence electrons. The number of hydrogen-bond donors (Lipinski definition) is 0. The Morgan fingerprint density at radius 2 is 2.50 bits per heavy atom. The van der Waals surface area contributed by atoms with E-state index in [1.165, 1.54) is 0 Å². The lowest BCUT2D eigenvalue weighted by Gasteiger charge is -2.27. The first-order valence-corrected chi connectivity index (χ1v) is 3.94. The summed E-state index contributed by atoms with van der Waals surface area (Å²) in [5.74, 6) is 1.12. The molecule has 0 aromatic carbocycles. The molecule has 2 aliphatic rings. The Kier molecular flexibility index (Phi) is 1.28. The topological polar surface area (TPSA) is 9.23 Å². The van der Waals surface area contributed by atoms with Crippen molar-refractivity contribution in [1.29, 1.82) is 0 Å². The van der Waals surface area contributed by atoms with Crippen molar-refractivity contribution in [1.82, 2.24) is 0 Å². The molecule has 1 nitrogen and oxygen atoms in total. The normalized spacial score (nSPS) is 53.1. The van der Waals surface area contributed by atoms with Crippen LogP contribution in [0.25, 0.3) is 0 Å². The van der Waals surface area contributed by atoms with Gasteiger partial charge in [-0.15, -0.1) is 0 Å². The van der Waals surface area contributed by atoms with Gasteiger partial charge in [0.1, 0.15) is 0 Å². The van der Waals surface area contributed by atoms with E-state index < -0.39 is 0 Å². The minimum Gasteiger partial charge on any atom is -0.381 e. The van der Waals surface area contributed by atoms with Crippen LogP contribution < -0.4 is 0 Å². The Balaban J connectivity index is 2.11. The standard InChI is InChI=1S/C9H14O/c1-10-9-5-3-7-2-4-8(9)6-7/h2,4,7-9H,3,5-6H2,1H3/t7-,8-,9+/m0/s1/i3D/t3-,7-,8-,9+. The maximum Gasteiger partial charge on any atom is 0.0634 e. The Morgan fingerprint density at radius 1 is 1.60 bits per heavy atom. The fourth-order valence-corrected chi connectivity index (χ4v) is 1.96. The lowest BCUT2D eigenvalue weighted by atomic mass is 9.86. The Bertz CT molecular complexity index is 178. The van der Waals surface area contributed by atoms with Gasteiger partial charge in [0.15, 0.2) is 0 Å². The van der Waals surface area contributed by atoms with E-state index in [2.05, 4.69) is 12.2 Å². The van der Waals surface area contributed by atoms with Crippen molar-refractivity contribution in [2.45, 2.75) is 25.3 Å². The molecule has 0 radical (unpaired) electrons. The third kappa shape index (κ3) is 0.891. The first-order valence-electron chi connectivity index (χ1n) is 4.52. The SMILES string of the molecule is [2H][C@H]1C[C@@H](OC)[C@H]2C=C[C@@H]1C2. The first kappa shape index (κ1) is 5.36. The predicted molar refractivity (Wildman–Crippen MR) is 40.8 cm³/mol. The number of ether oxygens (including phenoxy) is 1. The van der Waals surface area contributed by atoms with Crippen LogP contribution in [0.1, 0.15) is 20.6 Å². The van der Waals surface area contributed by atoms with Gasteiger partial charge >= 0.3 is 0 Å². The van der Waals surface area contributed by atoms with Gasteiger partial charge in [-0.3, -0.25) is 0 Å². The number of allylic oxidation sites excluding steroid dienone is 1. The van der Waals surface area contributed by atoms with Crippen LogP contribution in [0.4, 0.5) is 0 Å². The summed E-state index contributed by atoms with van der Waals surface area (Å²) in [6.45, 7) is 0. The van der Waals surface area contributed by atoms with Crippen molar-refractivity contribution in [3.63, 3.8) is 0 Å². The molecule has 0 aliphatic heterocycles. The first-order chi connectivity index (χ1) is 5.31. The van der Waals surface area contributed by atoms with E-state index in [1.54, 1.807) is 7.11 Å². The maximum absolute atomic E-state index is 7.76. The zero-order valence-electron chi connectivity index (χ0n) is 7.29. The molecule has 0 saturated heterocycles.